The summed E-state index contributed by atoms with van der Waals surface area (Å²) < 4.78 is 0. The van der Waals surface area contributed by atoms with Crippen molar-refractivity contribution in [2.75, 3.05) is 18.5 Å². The van der Waals surface area contributed by atoms with Crippen molar-refractivity contribution in [3.8, 4) is 0 Å². The molecule has 0 aliphatic heterocycles. The van der Waals surface area contributed by atoms with Gasteiger partial charge in [0.25, 0.3) is 0 Å². The number of hydrogen-bond acceptors (Lipinski definition) is 4. The molecular weight excluding hydrogens is 190 g/mol. The number of hydrogen-bond donors (Lipinski definition) is 0. The van der Waals surface area contributed by atoms with Crippen LogP contribution in [0, 0.1) is 5.41 Å². The predicted molar refractivity (Wildman–Crippen MR) is 60.1 cm³/mol. The van der Waals surface area contributed by atoms with E-state index in [-0.39, 0.29) is 5.41 Å². The molecule has 15 heavy (non-hydrogen) atoms. The first-order valence-electron chi connectivity index (χ1n) is 4.91. The Balaban J connectivity index is 2.74. The first kappa shape index (κ1) is 11.6. The lowest BCUT2D eigenvalue weighted by Gasteiger charge is -2.26. The summed E-state index contributed by atoms with van der Waals surface area (Å²) in [6.45, 7) is 7.34. The molecule has 0 radical (unpaired) electrons. The standard InChI is InChI=1S/C11H17N3O/c1-11(2,3)8-14(4)10-12-5-9(7-15)6-13-10/h5-7H,8H2,1-4H3. The van der Waals surface area contributed by atoms with Crippen molar-refractivity contribution in [3.63, 3.8) is 0 Å². The van der Waals surface area contributed by atoms with E-state index in [1.54, 1.807) is 0 Å². The summed E-state index contributed by atoms with van der Waals surface area (Å²) in [7, 11) is 1.95. The Labute approximate surface area is 90.3 Å². The van der Waals surface area contributed by atoms with Gasteiger partial charge in [-0.3, -0.25) is 4.79 Å². The fraction of sp³-hybridized carbons (Fsp3) is 0.545. The lowest BCUT2D eigenvalue weighted by atomic mass is 9.96. The van der Waals surface area contributed by atoms with E-state index in [9.17, 15) is 4.79 Å². The molecule has 0 N–H and O–H groups in total. The summed E-state index contributed by atoms with van der Waals surface area (Å²) in [4.78, 5) is 20.6. The summed E-state index contributed by atoms with van der Waals surface area (Å²) in [6.07, 6.45) is 3.82. The second-order valence-electron chi connectivity index (χ2n) is 4.85. The van der Waals surface area contributed by atoms with Gasteiger partial charge in [0, 0.05) is 26.0 Å². The molecule has 0 saturated heterocycles. The minimum Gasteiger partial charge on any atom is -0.343 e. The van der Waals surface area contributed by atoms with Crippen molar-refractivity contribution in [2.24, 2.45) is 5.41 Å². The molecule has 0 aliphatic rings. The van der Waals surface area contributed by atoms with Gasteiger partial charge >= 0.3 is 0 Å². The highest BCUT2D eigenvalue weighted by Gasteiger charge is 2.15. The number of carbonyl (C=O) groups excluding carboxylic acids is 1. The average Bonchev–Trinajstić information content (AvgIpc) is 2.15. The van der Waals surface area contributed by atoms with Crippen molar-refractivity contribution >= 4 is 12.2 Å². The van der Waals surface area contributed by atoms with Gasteiger partial charge in [0.15, 0.2) is 6.29 Å². The lowest BCUT2D eigenvalue weighted by Crippen LogP contribution is -2.30. The van der Waals surface area contributed by atoms with Gasteiger partial charge in [-0.1, -0.05) is 20.8 Å². The molecule has 0 saturated carbocycles. The minimum absolute atomic E-state index is 0.196. The molecule has 0 amide bonds. The first-order valence-corrected chi connectivity index (χ1v) is 4.91. The van der Waals surface area contributed by atoms with Crippen LogP contribution in [0.1, 0.15) is 31.1 Å². The third kappa shape index (κ3) is 3.65. The molecular formula is C11H17N3O. The molecule has 0 aliphatic carbocycles. The van der Waals surface area contributed by atoms with Gasteiger partial charge in [-0.15, -0.1) is 0 Å². The van der Waals surface area contributed by atoms with Gasteiger partial charge in [-0.25, -0.2) is 9.97 Å². The topological polar surface area (TPSA) is 46.1 Å². The first-order chi connectivity index (χ1) is 6.92. The van der Waals surface area contributed by atoms with Gasteiger partial charge in [0.1, 0.15) is 0 Å². The second kappa shape index (κ2) is 4.38. The van der Waals surface area contributed by atoms with E-state index in [0.717, 1.165) is 12.8 Å². The summed E-state index contributed by atoms with van der Waals surface area (Å²) in [6, 6.07) is 0. The fourth-order valence-corrected chi connectivity index (χ4v) is 1.37. The van der Waals surface area contributed by atoms with E-state index in [2.05, 4.69) is 30.7 Å². The largest absolute Gasteiger partial charge is 0.343 e. The molecule has 0 atom stereocenters. The van der Waals surface area contributed by atoms with E-state index in [1.807, 2.05) is 11.9 Å². The number of carbonyl (C=O) groups is 1. The highest BCUT2D eigenvalue weighted by Crippen LogP contribution is 2.16. The smallest absolute Gasteiger partial charge is 0.225 e. The quantitative estimate of drug-likeness (QED) is 0.709. The van der Waals surface area contributed by atoms with Crippen LogP contribution in [0.5, 0.6) is 0 Å². The molecule has 1 heterocycles. The molecule has 0 aromatic carbocycles. The van der Waals surface area contributed by atoms with E-state index < -0.39 is 0 Å². The maximum Gasteiger partial charge on any atom is 0.225 e. The summed E-state index contributed by atoms with van der Waals surface area (Å²) in [5.74, 6) is 0.649. The molecule has 1 aromatic rings. The fourth-order valence-electron chi connectivity index (χ4n) is 1.37. The van der Waals surface area contributed by atoms with Crippen LogP contribution >= 0.6 is 0 Å². The Morgan fingerprint density at radius 1 is 1.33 bits per heavy atom. The Kier molecular flexibility index (Phi) is 3.39. The zero-order chi connectivity index (χ0) is 11.5. The molecule has 4 nitrogen and oxygen atoms in total. The molecule has 0 fully saturated rings. The van der Waals surface area contributed by atoms with Crippen LogP contribution < -0.4 is 4.90 Å². The Morgan fingerprint density at radius 3 is 2.27 bits per heavy atom. The lowest BCUT2D eigenvalue weighted by molar-refractivity contribution is 0.112. The van der Waals surface area contributed by atoms with Crippen LogP contribution in [0.4, 0.5) is 5.95 Å². The molecule has 82 valence electrons. The van der Waals surface area contributed by atoms with Crippen molar-refractivity contribution in [2.45, 2.75) is 20.8 Å². The maximum atomic E-state index is 10.4. The van der Waals surface area contributed by atoms with Crippen molar-refractivity contribution in [1.29, 1.82) is 0 Å². The van der Waals surface area contributed by atoms with Gasteiger partial charge in [-0.05, 0) is 5.41 Å². The minimum atomic E-state index is 0.196. The van der Waals surface area contributed by atoms with E-state index >= 15 is 0 Å². The van der Waals surface area contributed by atoms with Crippen LogP contribution in [0.15, 0.2) is 12.4 Å². The third-order valence-electron chi connectivity index (χ3n) is 1.85. The van der Waals surface area contributed by atoms with Gasteiger partial charge < -0.3 is 4.90 Å². The Bertz CT molecular complexity index is 327. The van der Waals surface area contributed by atoms with E-state index in [0.29, 0.717) is 11.5 Å². The van der Waals surface area contributed by atoms with Crippen molar-refractivity contribution in [1.82, 2.24) is 9.97 Å². The van der Waals surface area contributed by atoms with Crippen LogP contribution in [0.25, 0.3) is 0 Å². The zero-order valence-corrected chi connectivity index (χ0v) is 9.69. The third-order valence-corrected chi connectivity index (χ3v) is 1.85. The van der Waals surface area contributed by atoms with Gasteiger partial charge in [0.05, 0.1) is 5.56 Å². The number of anilines is 1. The van der Waals surface area contributed by atoms with Crippen LogP contribution in [0.2, 0.25) is 0 Å². The molecule has 1 aromatic heterocycles. The second-order valence-corrected chi connectivity index (χ2v) is 4.85. The summed E-state index contributed by atoms with van der Waals surface area (Å²) in [5, 5.41) is 0. The van der Waals surface area contributed by atoms with Crippen LogP contribution in [-0.2, 0) is 0 Å². The molecule has 0 unspecified atom stereocenters. The van der Waals surface area contributed by atoms with Crippen molar-refractivity contribution < 1.29 is 4.79 Å². The Morgan fingerprint density at radius 2 is 1.87 bits per heavy atom. The SMILES string of the molecule is CN(CC(C)(C)C)c1ncc(C=O)cn1. The highest BCUT2D eigenvalue weighted by atomic mass is 16.1. The maximum absolute atomic E-state index is 10.4. The molecule has 0 spiro atoms. The van der Waals surface area contributed by atoms with Gasteiger partial charge in [-0.2, -0.15) is 0 Å². The number of nitrogens with zero attached hydrogens (tertiary/aromatic N) is 3. The van der Waals surface area contributed by atoms with Crippen molar-refractivity contribution in [3.05, 3.63) is 18.0 Å². The van der Waals surface area contributed by atoms with Crippen LogP contribution in [0.3, 0.4) is 0 Å². The molecule has 1 rings (SSSR count). The zero-order valence-electron chi connectivity index (χ0n) is 9.69. The van der Waals surface area contributed by atoms with E-state index in [4.69, 9.17) is 0 Å². The molecule has 4 heteroatoms. The number of rotatable bonds is 3. The molecule has 0 bridgehead atoms. The summed E-state index contributed by atoms with van der Waals surface area (Å²) in [5.41, 5.74) is 0.699. The summed E-state index contributed by atoms with van der Waals surface area (Å²) >= 11 is 0. The van der Waals surface area contributed by atoms with E-state index in [1.165, 1.54) is 12.4 Å². The monoisotopic (exact) mass is 207 g/mol. The van der Waals surface area contributed by atoms with Crippen LogP contribution in [-0.4, -0.2) is 29.8 Å². The average molecular weight is 207 g/mol. The highest BCUT2D eigenvalue weighted by molar-refractivity contribution is 5.73. The Hall–Kier alpha value is -1.45. The number of aromatic nitrogens is 2. The normalized spacial score (nSPS) is 11.2. The van der Waals surface area contributed by atoms with Gasteiger partial charge in [0.2, 0.25) is 5.95 Å². The number of aldehydes is 1. The predicted octanol–water partition coefficient (Wildman–Crippen LogP) is 1.77.